The number of anilines is 1. The van der Waals surface area contributed by atoms with Gasteiger partial charge in [-0.3, -0.25) is 29.1 Å². The van der Waals surface area contributed by atoms with E-state index in [9.17, 15) is 28.4 Å². The van der Waals surface area contributed by atoms with Gasteiger partial charge in [0.05, 0.1) is 12.3 Å². The Morgan fingerprint density at radius 3 is 2.42 bits per heavy atom. The monoisotopic (exact) mass is 920 g/mol. The Morgan fingerprint density at radius 2 is 1.73 bits per heavy atom. The molecular weight excluding hydrogens is 864 g/mol. The molecule has 2 atom stereocenters. The van der Waals surface area contributed by atoms with Crippen molar-refractivity contribution in [2.24, 2.45) is 11.0 Å². The van der Waals surface area contributed by atoms with Crippen molar-refractivity contribution in [3.8, 4) is 6.01 Å². The van der Waals surface area contributed by atoms with Crippen molar-refractivity contribution in [2.75, 3.05) is 56.9 Å². The summed E-state index contributed by atoms with van der Waals surface area (Å²) in [5.74, 6) is -1.07. The maximum absolute atomic E-state index is 15.0. The van der Waals surface area contributed by atoms with Crippen LogP contribution in [0.1, 0.15) is 88.3 Å². The van der Waals surface area contributed by atoms with Gasteiger partial charge >= 0.3 is 18.0 Å². The van der Waals surface area contributed by atoms with E-state index in [4.69, 9.17) is 9.84 Å². The molecule has 5 amide bonds. The number of carbonyl (C=O) groups is 5. The number of aromatic nitrogens is 3. The highest BCUT2D eigenvalue weighted by atomic mass is 33.1. The van der Waals surface area contributed by atoms with Crippen LogP contribution in [0.2, 0.25) is 0 Å². The molecule has 1 aromatic carbocycles. The molecule has 6 rings (SSSR count). The fourth-order valence-electron chi connectivity index (χ4n) is 7.62. The number of piperidine rings is 1. The van der Waals surface area contributed by atoms with E-state index in [2.05, 4.69) is 41.0 Å². The minimum atomic E-state index is -0.894. The van der Waals surface area contributed by atoms with E-state index in [-0.39, 0.29) is 67.6 Å². The van der Waals surface area contributed by atoms with Crippen molar-refractivity contribution in [3.05, 3.63) is 77.6 Å². The van der Waals surface area contributed by atoms with Crippen molar-refractivity contribution < 1.29 is 38.2 Å². The number of hydrogen-bond acceptors (Lipinski definition) is 13. The molecule has 0 unspecified atom stereocenters. The first-order valence-corrected chi connectivity index (χ1v) is 23.9. The van der Waals surface area contributed by atoms with Crippen molar-refractivity contribution in [1.82, 2.24) is 40.4 Å². The van der Waals surface area contributed by atoms with Gasteiger partial charge in [0, 0.05) is 129 Å². The summed E-state index contributed by atoms with van der Waals surface area (Å²) < 4.78 is 19.9. The number of piperazine rings is 1. The molecule has 3 fully saturated rings. The van der Waals surface area contributed by atoms with E-state index in [1.165, 1.54) is 18.5 Å². The molecule has 2 saturated heterocycles. The summed E-state index contributed by atoms with van der Waals surface area (Å²) in [4.78, 5) is 80.6. The number of halogens is 1. The van der Waals surface area contributed by atoms with Gasteiger partial charge in [0.1, 0.15) is 5.82 Å². The lowest BCUT2D eigenvalue weighted by Gasteiger charge is -2.42. The Hall–Kier alpha value is -5.34. The number of nitrogens with one attached hydrogen (secondary N) is 3. The number of urea groups is 1. The van der Waals surface area contributed by atoms with Gasteiger partial charge in [-0.15, -0.1) is 0 Å². The molecule has 0 radical (unpaired) electrons. The zero-order chi connectivity index (χ0) is 45.6. The van der Waals surface area contributed by atoms with Crippen LogP contribution in [0.3, 0.4) is 0 Å². The number of benzene rings is 1. The van der Waals surface area contributed by atoms with Gasteiger partial charge in [-0.25, -0.2) is 24.6 Å². The maximum Gasteiger partial charge on any atom is 0.317 e. The Kier molecular flexibility index (Phi) is 17.3. The van der Waals surface area contributed by atoms with Crippen LogP contribution in [0.25, 0.3) is 0 Å². The zero-order valence-corrected chi connectivity index (χ0v) is 38.1. The zero-order valence-electron chi connectivity index (χ0n) is 36.5. The number of pyridine rings is 1. The summed E-state index contributed by atoms with van der Waals surface area (Å²) in [6.07, 6.45) is 9.85. The smallest absolute Gasteiger partial charge is 0.317 e. The number of nitrogens with zero attached hydrogens (tertiary/aromatic N) is 7. The van der Waals surface area contributed by atoms with E-state index in [1.54, 1.807) is 57.9 Å². The summed E-state index contributed by atoms with van der Waals surface area (Å²) >= 11 is 0. The second-order valence-corrected chi connectivity index (χ2v) is 19.9. The fraction of sp³-hybridized carbons (Fsp3) is 0.523. The Balaban J connectivity index is 0.809. The number of ether oxygens (including phenoxy) is 1. The van der Waals surface area contributed by atoms with E-state index in [0.29, 0.717) is 73.3 Å². The Bertz CT molecular complexity index is 2120. The van der Waals surface area contributed by atoms with Gasteiger partial charge < -0.3 is 30.3 Å². The number of rotatable bonds is 20. The van der Waals surface area contributed by atoms with Gasteiger partial charge in [0.2, 0.25) is 17.7 Å². The lowest BCUT2D eigenvalue weighted by atomic mass is 10.0. The average molecular weight is 921 g/mol. The number of amides is 5. The normalized spacial score (nSPS) is 18.3. The molecule has 4 N–H and O–H groups in total. The molecule has 17 nitrogen and oxygen atoms in total. The first-order valence-electron chi connectivity index (χ1n) is 21.6. The molecule has 3 aliphatic rings. The molecule has 1 aliphatic carbocycles. The third-order valence-electron chi connectivity index (χ3n) is 11.4. The second-order valence-electron chi connectivity index (χ2n) is 16.7. The van der Waals surface area contributed by atoms with Crippen molar-refractivity contribution in [1.29, 1.82) is 0 Å². The molecule has 64 heavy (non-hydrogen) atoms. The molecule has 0 bridgehead atoms. The highest BCUT2D eigenvalue weighted by Gasteiger charge is 2.44. The standard InChI is InChI=1S/C44H57FN10O7S2/c1-29(32-27-47-42(48-28-32)62-20-5-7-40(58)59)51-52-38(56)24-44(2,3)64-63-21-12-39(57)54-18-16-53(17-19-54)34-10-14-55(15-11-34)43(61)49-26-31-8-9-33(22-37(31)45)50-41(60)36-23-35(36)30-6-4-13-46-25-30/h4,6,8-9,13,22,25,27-28,34-36H,5,7,10-12,14-21,23-24,26H2,1-3H3,(H,49,61)(H,50,60)(H,52,56)(H,58,59)/b51-29+/t35-,36+/m1/s1. The van der Waals surface area contributed by atoms with E-state index in [0.717, 1.165) is 37.9 Å². The van der Waals surface area contributed by atoms with Crippen molar-refractivity contribution in [3.63, 3.8) is 0 Å². The number of carbonyl (C=O) groups excluding carboxylic acids is 4. The van der Waals surface area contributed by atoms with Gasteiger partial charge in [0.25, 0.3) is 0 Å². The molecule has 3 aromatic rings. The predicted octanol–water partition coefficient (Wildman–Crippen LogP) is 5.30. The molecule has 20 heteroatoms. The molecule has 4 heterocycles. The van der Waals surface area contributed by atoms with Crippen LogP contribution in [0.4, 0.5) is 14.9 Å². The average Bonchev–Trinajstić information content (AvgIpc) is 4.10. The number of hydrogen-bond donors (Lipinski definition) is 4. The first-order chi connectivity index (χ1) is 30.7. The minimum Gasteiger partial charge on any atom is -0.481 e. The largest absolute Gasteiger partial charge is 0.481 e. The van der Waals surface area contributed by atoms with Gasteiger partial charge in [-0.05, 0) is 76.1 Å². The van der Waals surface area contributed by atoms with Crippen LogP contribution in [-0.4, -0.2) is 133 Å². The molecule has 2 aromatic heterocycles. The lowest BCUT2D eigenvalue weighted by Crippen LogP contribution is -2.55. The highest BCUT2D eigenvalue weighted by molar-refractivity contribution is 8.77. The van der Waals surface area contributed by atoms with Crippen LogP contribution in [0, 0.1) is 11.7 Å². The van der Waals surface area contributed by atoms with Gasteiger partial charge in [-0.2, -0.15) is 5.10 Å². The Labute approximate surface area is 380 Å². The van der Waals surface area contributed by atoms with Crippen molar-refractivity contribution >= 4 is 62.7 Å². The molecule has 2 aliphatic heterocycles. The van der Waals surface area contributed by atoms with Gasteiger partial charge in [0.15, 0.2) is 0 Å². The number of carboxylic acids is 1. The topological polar surface area (TPSA) is 212 Å². The third kappa shape index (κ3) is 14.6. The number of likely N-dealkylation sites (tertiary alicyclic amines) is 1. The maximum atomic E-state index is 15.0. The minimum absolute atomic E-state index is 0.000300. The van der Waals surface area contributed by atoms with Crippen LogP contribution in [0.15, 0.2) is 60.2 Å². The quantitative estimate of drug-likeness (QED) is 0.0492. The summed E-state index contributed by atoms with van der Waals surface area (Å²) in [5.41, 5.74) is 5.45. The van der Waals surface area contributed by atoms with E-state index in [1.807, 2.05) is 30.9 Å². The number of carboxylic acid groups (broad SMARTS) is 1. The molecular formula is C44H57FN10O7S2. The third-order valence-corrected chi connectivity index (χ3v) is 14.6. The molecule has 344 valence electrons. The number of hydrazone groups is 1. The molecule has 1 saturated carbocycles. The second kappa shape index (κ2) is 23.0. The lowest BCUT2D eigenvalue weighted by molar-refractivity contribution is -0.137. The summed E-state index contributed by atoms with van der Waals surface area (Å²) in [6.45, 7) is 9.94. The fourth-order valence-corrected chi connectivity index (χ4v) is 10.1. The van der Waals surface area contributed by atoms with Crippen molar-refractivity contribution in [2.45, 2.75) is 89.0 Å². The molecule has 0 spiro atoms. The highest BCUT2D eigenvalue weighted by Crippen LogP contribution is 2.47. The predicted molar refractivity (Wildman–Crippen MR) is 243 cm³/mol. The van der Waals surface area contributed by atoms with Crippen LogP contribution in [-0.2, 0) is 25.7 Å². The Morgan fingerprint density at radius 1 is 0.984 bits per heavy atom. The van der Waals surface area contributed by atoms with Crippen LogP contribution >= 0.6 is 21.6 Å². The van der Waals surface area contributed by atoms with Crippen LogP contribution < -0.4 is 20.8 Å². The SMILES string of the molecule is C/C(=N\NC(=O)CC(C)(C)SSCCC(=O)N1CCN(C2CCN(C(=O)NCc3ccc(NC(=O)[C@H]4C[C@@H]4c4cccnc4)cc3F)CC2)CC1)c1cnc(OCCCC(=O)O)nc1. The van der Waals surface area contributed by atoms with E-state index < -0.39 is 16.5 Å². The van der Waals surface area contributed by atoms with E-state index >= 15 is 0 Å². The first kappa shape index (κ1) is 48.1. The summed E-state index contributed by atoms with van der Waals surface area (Å²) in [7, 11) is 3.14. The summed E-state index contributed by atoms with van der Waals surface area (Å²) in [6, 6.07) is 8.56. The number of aliphatic carboxylic acids is 1. The van der Waals surface area contributed by atoms with Gasteiger partial charge in [-0.1, -0.05) is 33.7 Å². The van der Waals surface area contributed by atoms with Crippen LogP contribution in [0.5, 0.6) is 6.01 Å². The summed E-state index contributed by atoms with van der Waals surface area (Å²) in [5, 5.41) is 18.6.